The number of rotatable bonds is 2. The molecule has 3 rings (SSSR count). The van der Waals surface area contributed by atoms with Crippen molar-refractivity contribution in [2.45, 2.75) is 31.0 Å². The van der Waals surface area contributed by atoms with Gasteiger partial charge in [0.25, 0.3) is 0 Å². The molecule has 0 aromatic heterocycles. The number of nitrogens with zero attached hydrogens (tertiary/aromatic N) is 1. The van der Waals surface area contributed by atoms with Crippen LogP contribution in [0.3, 0.4) is 0 Å². The van der Waals surface area contributed by atoms with E-state index in [4.69, 9.17) is 9.94 Å². The maximum atomic E-state index is 12.0. The van der Waals surface area contributed by atoms with Gasteiger partial charge in [0.05, 0.1) is 7.11 Å². The molecular formula is C16H16BrNO5. The molecule has 0 bridgehead atoms. The van der Waals surface area contributed by atoms with Crippen LogP contribution in [0.15, 0.2) is 45.2 Å². The molecule has 0 saturated carbocycles. The average Bonchev–Trinajstić information content (AvgIpc) is 2.96. The predicted octanol–water partition coefficient (Wildman–Crippen LogP) is 2.69. The molecule has 0 amide bonds. The van der Waals surface area contributed by atoms with Crippen LogP contribution < -0.4 is 0 Å². The van der Waals surface area contributed by atoms with Crippen molar-refractivity contribution in [3.8, 4) is 0 Å². The van der Waals surface area contributed by atoms with E-state index >= 15 is 0 Å². The van der Waals surface area contributed by atoms with Crippen LogP contribution in [-0.4, -0.2) is 34.9 Å². The number of allylic oxidation sites excluding steroid dienone is 2. The van der Waals surface area contributed by atoms with Crippen molar-refractivity contribution in [2.75, 3.05) is 7.11 Å². The van der Waals surface area contributed by atoms with Crippen LogP contribution in [0.5, 0.6) is 0 Å². The van der Waals surface area contributed by atoms with E-state index in [1.54, 1.807) is 0 Å². The highest BCUT2D eigenvalue weighted by atomic mass is 79.9. The van der Waals surface area contributed by atoms with Gasteiger partial charge in [-0.1, -0.05) is 33.2 Å². The molecule has 0 saturated heterocycles. The number of oxime groups is 1. The molecule has 1 aromatic rings. The standard InChI is InChI=1S/C16H16BrNO5/c1-22-15(19)16(20)8-12(9-2-4-10(17)5-3-9)11-6-7-13(18-21)14(11)23-16/h2-5,12,20-21H,6-8H2,1H3/b18-13+/t12-,16+/m0/s1. The maximum absolute atomic E-state index is 12.0. The minimum absolute atomic E-state index is 0.0544. The van der Waals surface area contributed by atoms with Crippen molar-refractivity contribution < 1.29 is 24.6 Å². The van der Waals surface area contributed by atoms with E-state index in [1.165, 1.54) is 7.11 Å². The van der Waals surface area contributed by atoms with Crippen molar-refractivity contribution in [1.29, 1.82) is 0 Å². The molecule has 1 aromatic carbocycles. The minimum atomic E-state index is -2.09. The van der Waals surface area contributed by atoms with Gasteiger partial charge < -0.3 is 19.8 Å². The largest absolute Gasteiger partial charge is 0.464 e. The monoisotopic (exact) mass is 381 g/mol. The van der Waals surface area contributed by atoms with E-state index in [1.807, 2.05) is 24.3 Å². The Labute approximate surface area is 141 Å². The zero-order valence-electron chi connectivity index (χ0n) is 12.5. The highest BCUT2D eigenvalue weighted by Crippen LogP contribution is 2.47. The lowest BCUT2D eigenvalue weighted by Gasteiger charge is -2.36. The third-order valence-corrected chi connectivity index (χ3v) is 4.78. The summed E-state index contributed by atoms with van der Waals surface area (Å²) < 4.78 is 11.1. The molecule has 23 heavy (non-hydrogen) atoms. The zero-order valence-corrected chi connectivity index (χ0v) is 14.0. The van der Waals surface area contributed by atoms with Gasteiger partial charge in [0.1, 0.15) is 11.5 Å². The summed E-state index contributed by atoms with van der Waals surface area (Å²) in [6.07, 6.45) is 1.22. The van der Waals surface area contributed by atoms with Crippen molar-refractivity contribution in [3.63, 3.8) is 0 Å². The Balaban J connectivity index is 2.07. The Morgan fingerprint density at radius 2 is 2.09 bits per heavy atom. The van der Waals surface area contributed by atoms with Crippen LogP contribution in [0.1, 0.15) is 30.7 Å². The van der Waals surface area contributed by atoms with Gasteiger partial charge in [-0.2, -0.15) is 0 Å². The van der Waals surface area contributed by atoms with Gasteiger partial charge >= 0.3 is 11.8 Å². The van der Waals surface area contributed by atoms with Gasteiger partial charge in [0.2, 0.25) is 0 Å². The van der Waals surface area contributed by atoms with Crippen molar-refractivity contribution in [1.82, 2.24) is 0 Å². The van der Waals surface area contributed by atoms with E-state index in [9.17, 15) is 9.90 Å². The average molecular weight is 382 g/mol. The highest BCUT2D eigenvalue weighted by molar-refractivity contribution is 9.10. The Bertz CT molecular complexity index is 697. The first-order valence-corrected chi connectivity index (χ1v) is 7.97. The number of halogens is 1. The Hall–Kier alpha value is -1.86. The molecule has 2 N–H and O–H groups in total. The summed E-state index contributed by atoms with van der Waals surface area (Å²) in [6, 6.07) is 7.66. The van der Waals surface area contributed by atoms with Gasteiger partial charge in [0.15, 0.2) is 0 Å². The number of carbonyl (C=O) groups excluding carboxylic acids is 1. The summed E-state index contributed by atoms with van der Waals surface area (Å²) in [5.74, 6) is -2.88. The SMILES string of the molecule is COC(=O)[C@@]1(O)C[C@@H](c2ccc(Br)cc2)C2=C(O1)/C(=N/O)CC2. The van der Waals surface area contributed by atoms with Gasteiger partial charge in [-0.25, -0.2) is 4.79 Å². The summed E-state index contributed by atoms with van der Waals surface area (Å²) in [4.78, 5) is 12.0. The minimum Gasteiger partial charge on any atom is -0.464 e. The molecule has 0 radical (unpaired) electrons. The van der Waals surface area contributed by atoms with Crippen molar-refractivity contribution >= 4 is 27.6 Å². The molecule has 0 fully saturated rings. The molecule has 0 spiro atoms. The highest BCUT2D eigenvalue weighted by Gasteiger charge is 2.50. The second-order valence-electron chi connectivity index (χ2n) is 5.59. The second kappa shape index (κ2) is 5.98. The number of esters is 1. The molecule has 1 heterocycles. The van der Waals surface area contributed by atoms with Crippen LogP contribution in [0, 0.1) is 0 Å². The molecule has 0 unspecified atom stereocenters. The lowest BCUT2D eigenvalue weighted by atomic mass is 9.83. The number of carbonyl (C=O) groups is 1. The fraction of sp³-hybridized carbons (Fsp3) is 0.375. The number of ether oxygens (including phenoxy) is 2. The molecular weight excluding hydrogens is 366 g/mol. The Kier molecular flexibility index (Phi) is 4.16. The lowest BCUT2D eigenvalue weighted by Crippen LogP contribution is -2.46. The van der Waals surface area contributed by atoms with Crippen LogP contribution in [0.2, 0.25) is 0 Å². The lowest BCUT2D eigenvalue weighted by molar-refractivity contribution is -0.218. The molecule has 1 aliphatic heterocycles. The quantitative estimate of drug-likeness (QED) is 0.467. The number of benzene rings is 1. The van der Waals surface area contributed by atoms with Gasteiger partial charge in [-0.3, -0.25) is 0 Å². The Morgan fingerprint density at radius 1 is 1.39 bits per heavy atom. The van der Waals surface area contributed by atoms with Crippen LogP contribution in [0.4, 0.5) is 0 Å². The maximum Gasteiger partial charge on any atom is 0.379 e. The predicted molar refractivity (Wildman–Crippen MR) is 85.0 cm³/mol. The fourth-order valence-electron chi connectivity index (χ4n) is 3.13. The molecule has 2 aliphatic rings. The third kappa shape index (κ3) is 2.74. The number of aliphatic hydroxyl groups is 1. The summed E-state index contributed by atoms with van der Waals surface area (Å²) >= 11 is 3.39. The van der Waals surface area contributed by atoms with Crippen molar-refractivity contribution in [3.05, 3.63) is 45.6 Å². The van der Waals surface area contributed by atoms with E-state index in [-0.39, 0.29) is 12.3 Å². The second-order valence-corrected chi connectivity index (χ2v) is 6.50. The van der Waals surface area contributed by atoms with Gasteiger partial charge in [-0.15, -0.1) is 0 Å². The van der Waals surface area contributed by atoms with E-state index < -0.39 is 11.8 Å². The van der Waals surface area contributed by atoms with Crippen LogP contribution in [0.25, 0.3) is 0 Å². The molecule has 6 nitrogen and oxygen atoms in total. The number of hydrogen-bond donors (Lipinski definition) is 2. The summed E-state index contributed by atoms with van der Waals surface area (Å²) in [5.41, 5.74) is 2.21. The van der Waals surface area contributed by atoms with E-state index in [0.29, 0.717) is 24.3 Å². The fourth-order valence-corrected chi connectivity index (χ4v) is 3.39. The first-order valence-electron chi connectivity index (χ1n) is 7.18. The molecule has 7 heteroatoms. The molecule has 1 aliphatic carbocycles. The van der Waals surface area contributed by atoms with Crippen LogP contribution in [-0.2, 0) is 14.3 Å². The summed E-state index contributed by atoms with van der Waals surface area (Å²) in [6.45, 7) is 0. The normalized spacial score (nSPS) is 28.5. The Morgan fingerprint density at radius 3 is 2.70 bits per heavy atom. The van der Waals surface area contributed by atoms with Crippen molar-refractivity contribution in [2.24, 2.45) is 5.16 Å². The summed E-state index contributed by atoms with van der Waals surface area (Å²) in [7, 11) is 1.19. The number of methoxy groups -OCH3 is 1. The molecule has 2 atom stereocenters. The first-order chi connectivity index (χ1) is 11.0. The summed E-state index contributed by atoms with van der Waals surface area (Å²) in [5, 5.41) is 23.0. The first kappa shape index (κ1) is 16.0. The topological polar surface area (TPSA) is 88.4 Å². The van der Waals surface area contributed by atoms with Gasteiger partial charge in [0, 0.05) is 23.2 Å². The third-order valence-electron chi connectivity index (χ3n) is 4.25. The molecule has 122 valence electrons. The van der Waals surface area contributed by atoms with Gasteiger partial charge in [-0.05, 0) is 29.7 Å². The van der Waals surface area contributed by atoms with Crippen LogP contribution >= 0.6 is 15.9 Å². The van der Waals surface area contributed by atoms with E-state index in [0.717, 1.165) is 15.6 Å². The smallest absolute Gasteiger partial charge is 0.379 e. The number of hydrogen-bond acceptors (Lipinski definition) is 6. The zero-order chi connectivity index (χ0) is 16.6. The van der Waals surface area contributed by atoms with E-state index in [2.05, 4.69) is 25.8 Å².